The Morgan fingerprint density at radius 3 is 1.26 bits per heavy atom. The van der Waals surface area contributed by atoms with Gasteiger partial charge in [-0.1, -0.05) is 214 Å². The van der Waals surface area contributed by atoms with Crippen molar-refractivity contribution in [1.29, 1.82) is 0 Å². The lowest BCUT2D eigenvalue weighted by Crippen LogP contribution is -2.37. The molecule has 0 radical (unpaired) electrons. The van der Waals surface area contributed by atoms with Gasteiger partial charge in [0.25, 0.3) is 0 Å². The van der Waals surface area contributed by atoms with Gasteiger partial charge in [0.2, 0.25) is 0 Å². The summed E-state index contributed by atoms with van der Waals surface area (Å²) in [6, 6.07) is 0. The van der Waals surface area contributed by atoms with Crippen LogP contribution in [0.5, 0.6) is 0 Å². The summed E-state index contributed by atoms with van der Waals surface area (Å²) in [5.74, 6) is -0.329. The van der Waals surface area contributed by atoms with Crippen molar-refractivity contribution < 1.29 is 37.3 Å². The van der Waals surface area contributed by atoms with E-state index in [4.69, 9.17) is 18.5 Å². The number of carbonyl (C=O) groups excluding carboxylic acids is 1. The average molecular weight is 985 g/mol. The molecule has 0 aromatic rings. The number of likely N-dealkylation sites (N-methyl/N-ethyl adjacent to an activating group) is 1. The maximum atomic E-state index is 12.8. The topological polar surface area (TPSA) is 91.3 Å². The minimum Gasteiger partial charge on any atom is -0.457 e. The number of rotatable bonds is 51. The molecule has 0 spiro atoms. The molecule has 0 aromatic carbocycles. The van der Waals surface area contributed by atoms with E-state index in [1.807, 2.05) is 21.1 Å². The third-order valence-electron chi connectivity index (χ3n) is 11.6. The maximum absolute atomic E-state index is 12.8. The van der Waals surface area contributed by atoms with Crippen LogP contribution >= 0.6 is 7.82 Å². The highest BCUT2D eigenvalue weighted by molar-refractivity contribution is 7.47. The Morgan fingerprint density at radius 1 is 0.464 bits per heavy atom. The van der Waals surface area contributed by atoms with Gasteiger partial charge in [-0.25, -0.2) is 4.57 Å². The monoisotopic (exact) mass is 985 g/mol. The maximum Gasteiger partial charge on any atom is 0.472 e. The third-order valence-corrected chi connectivity index (χ3v) is 12.6. The van der Waals surface area contributed by atoms with Crippen molar-refractivity contribution in [3.8, 4) is 0 Å². The fourth-order valence-corrected chi connectivity index (χ4v) is 8.09. The summed E-state index contributed by atoms with van der Waals surface area (Å²) in [6.07, 6.45) is 71.7. The second-order valence-corrected chi connectivity index (χ2v) is 21.0. The predicted molar refractivity (Wildman–Crippen MR) is 298 cm³/mol. The van der Waals surface area contributed by atoms with Gasteiger partial charge >= 0.3 is 13.8 Å². The molecule has 2 unspecified atom stereocenters. The van der Waals surface area contributed by atoms with E-state index in [0.717, 1.165) is 83.5 Å². The number of quaternary nitrogens is 1. The number of allylic oxidation sites excluding steroid dienone is 16. The number of phosphoric ester groups is 1. The molecule has 0 rings (SSSR count). The van der Waals surface area contributed by atoms with Crippen LogP contribution in [-0.4, -0.2) is 75.6 Å². The molecular formula is C60H107NO7P+. The van der Waals surface area contributed by atoms with Crippen LogP contribution in [0.4, 0.5) is 0 Å². The van der Waals surface area contributed by atoms with Gasteiger partial charge in [0.05, 0.1) is 34.4 Å². The molecule has 8 nitrogen and oxygen atoms in total. The van der Waals surface area contributed by atoms with Crippen molar-refractivity contribution in [3.63, 3.8) is 0 Å². The third kappa shape index (κ3) is 56.2. The second kappa shape index (κ2) is 51.8. The Balaban J connectivity index is 4.17. The summed E-state index contributed by atoms with van der Waals surface area (Å²) in [6.45, 7) is 5.47. The van der Waals surface area contributed by atoms with Crippen LogP contribution in [0.3, 0.4) is 0 Å². The van der Waals surface area contributed by atoms with E-state index < -0.39 is 13.9 Å². The number of hydrogen-bond acceptors (Lipinski definition) is 6. The van der Waals surface area contributed by atoms with Gasteiger partial charge in [-0.3, -0.25) is 13.8 Å². The standard InChI is InChI=1S/C60H106NO7P/c1-6-8-10-12-14-16-18-20-22-24-26-28-30-32-34-36-38-40-42-44-46-48-50-52-55-65-57-59(58-67-69(63,64)66-56-54-61(3,4)5)68-60(62)53-51-49-47-45-43-41-39-37-35-33-31-29-27-25-23-21-19-17-15-13-11-9-7-2/h9,11,15,17-18,20-21,23-24,26-27,29-30,32-33,35,59H,6-8,10,12-14,16,19,22,25,28,31,34,36-58H2,1-5H3/p+1/b11-9-,17-15-,20-18-,23-21-,26-24-,29-27-,32-30-,35-33-. The molecule has 9 heteroatoms. The zero-order chi connectivity index (χ0) is 50.5. The lowest BCUT2D eigenvalue weighted by atomic mass is 10.1. The number of hydrogen-bond donors (Lipinski definition) is 1. The highest BCUT2D eigenvalue weighted by Gasteiger charge is 2.26. The lowest BCUT2D eigenvalue weighted by molar-refractivity contribution is -0.870. The minimum absolute atomic E-state index is 0.0798. The lowest BCUT2D eigenvalue weighted by Gasteiger charge is -2.24. The van der Waals surface area contributed by atoms with Crippen molar-refractivity contribution in [3.05, 3.63) is 97.2 Å². The molecule has 0 aliphatic rings. The van der Waals surface area contributed by atoms with Crippen LogP contribution in [0.1, 0.15) is 219 Å². The zero-order valence-corrected chi connectivity index (χ0v) is 46.2. The van der Waals surface area contributed by atoms with E-state index in [-0.39, 0.29) is 25.8 Å². The fraction of sp³-hybridized carbons (Fsp3) is 0.717. The summed E-state index contributed by atoms with van der Waals surface area (Å²) in [5.41, 5.74) is 0. The second-order valence-electron chi connectivity index (χ2n) is 19.6. The number of unbranched alkanes of at least 4 members (excludes halogenated alkanes) is 21. The van der Waals surface area contributed by atoms with Crippen molar-refractivity contribution >= 4 is 13.8 Å². The molecular weight excluding hydrogens is 878 g/mol. The van der Waals surface area contributed by atoms with Gasteiger partial charge in [0.1, 0.15) is 19.3 Å². The Kier molecular flexibility index (Phi) is 49.8. The van der Waals surface area contributed by atoms with E-state index in [9.17, 15) is 14.3 Å². The molecule has 69 heavy (non-hydrogen) atoms. The van der Waals surface area contributed by atoms with Crippen molar-refractivity contribution in [2.24, 2.45) is 0 Å². The molecule has 1 N–H and O–H groups in total. The predicted octanol–water partition coefficient (Wildman–Crippen LogP) is 17.7. The molecule has 0 aliphatic heterocycles. The summed E-state index contributed by atoms with van der Waals surface area (Å²) in [7, 11) is 1.64. The van der Waals surface area contributed by atoms with Gasteiger partial charge in [-0.2, -0.15) is 0 Å². The minimum atomic E-state index is -4.30. The normalized spacial score (nSPS) is 14.2. The number of phosphoric acid groups is 1. The summed E-state index contributed by atoms with van der Waals surface area (Å²) in [5, 5.41) is 0. The highest BCUT2D eigenvalue weighted by atomic mass is 31.2. The molecule has 0 amide bonds. The first-order valence-electron chi connectivity index (χ1n) is 28.0. The van der Waals surface area contributed by atoms with Gasteiger partial charge < -0.3 is 18.9 Å². The van der Waals surface area contributed by atoms with E-state index in [1.165, 1.54) is 116 Å². The molecule has 0 heterocycles. The summed E-state index contributed by atoms with van der Waals surface area (Å²) >= 11 is 0. The van der Waals surface area contributed by atoms with Gasteiger partial charge in [0, 0.05) is 13.0 Å². The number of nitrogens with zero attached hydrogens (tertiary/aromatic N) is 1. The SMILES string of the molecule is CC/C=C\C/C=C\C/C=C\C/C=C\C/C=C\CCCCCCCCCC(=O)OC(COCCCCCCCCCCC/C=C\C/C=C\C/C=C\CCCCCCC)COP(=O)(O)OCC[N+](C)(C)C. The Morgan fingerprint density at radius 2 is 0.841 bits per heavy atom. The molecule has 398 valence electrons. The fourth-order valence-electron chi connectivity index (χ4n) is 7.35. The van der Waals surface area contributed by atoms with Crippen LogP contribution in [-0.2, 0) is 27.9 Å². The quantitative estimate of drug-likeness (QED) is 0.0213. The summed E-state index contributed by atoms with van der Waals surface area (Å²) < 4.78 is 35.2. The first kappa shape index (κ1) is 66.4. The number of ether oxygens (including phenoxy) is 2. The zero-order valence-electron chi connectivity index (χ0n) is 45.3. The van der Waals surface area contributed by atoms with Crippen molar-refractivity contribution in [2.75, 3.05) is 54.1 Å². The van der Waals surface area contributed by atoms with Crippen LogP contribution in [0.25, 0.3) is 0 Å². The van der Waals surface area contributed by atoms with E-state index in [2.05, 4.69) is 111 Å². The van der Waals surface area contributed by atoms with Gasteiger partial charge in [-0.15, -0.1) is 0 Å². The molecule has 0 aromatic heterocycles. The Bertz CT molecular complexity index is 1420. The molecule has 0 bridgehead atoms. The molecule has 0 saturated heterocycles. The van der Waals surface area contributed by atoms with E-state index >= 15 is 0 Å². The molecule has 2 atom stereocenters. The summed E-state index contributed by atoms with van der Waals surface area (Å²) in [4.78, 5) is 23.1. The van der Waals surface area contributed by atoms with Gasteiger partial charge in [-0.05, 0) is 96.3 Å². The van der Waals surface area contributed by atoms with E-state index in [0.29, 0.717) is 24.1 Å². The number of esters is 1. The van der Waals surface area contributed by atoms with Crippen molar-refractivity contribution in [1.82, 2.24) is 0 Å². The number of carbonyl (C=O) groups is 1. The molecule has 0 saturated carbocycles. The molecule has 0 aliphatic carbocycles. The van der Waals surface area contributed by atoms with Crippen LogP contribution in [0.2, 0.25) is 0 Å². The first-order valence-corrected chi connectivity index (χ1v) is 29.5. The van der Waals surface area contributed by atoms with Gasteiger partial charge in [0.15, 0.2) is 0 Å². The van der Waals surface area contributed by atoms with E-state index in [1.54, 1.807) is 0 Å². The Labute approximate surface area is 426 Å². The smallest absolute Gasteiger partial charge is 0.457 e. The molecule has 0 fully saturated rings. The van der Waals surface area contributed by atoms with Crippen LogP contribution in [0.15, 0.2) is 97.2 Å². The highest BCUT2D eigenvalue weighted by Crippen LogP contribution is 2.43. The average Bonchev–Trinajstić information content (AvgIpc) is 3.31. The van der Waals surface area contributed by atoms with Crippen LogP contribution in [0, 0.1) is 0 Å². The first-order chi connectivity index (χ1) is 33.6. The van der Waals surface area contributed by atoms with Crippen molar-refractivity contribution in [2.45, 2.75) is 225 Å². The van der Waals surface area contributed by atoms with Crippen LogP contribution < -0.4 is 0 Å². The Hall–Kier alpha value is -2.58. The largest absolute Gasteiger partial charge is 0.472 e.